The summed E-state index contributed by atoms with van der Waals surface area (Å²) < 4.78 is 25.9. The van der Waals surface area contributed by atoms with E-state index in [1.54, 1.807) is 0 Å². The lowest BCUT2D eigenvalue weighted by Crippen LogP contribution is -2.46. The highest BCUT2D eigenvalue weighted by Crippen LogP contribution is 2.17. The van der Waals surface area contributed by atoms with E-state index < -0.39 is 10.0 Å². The standard InChI is InChI=1S/C9H20BrNO2S/c1-4-8-14(12,13)11-9(3,5-2)6-7-10/h11H,4-8H2,1-3H3. The zero-order chi connectivity index (χ0) is 11.2. The predicted octanol–water partition coefficient (Wildman–Crippen LogP) is 2.27. The first-order valence-electron chi connectivity index (χ1n) is 4.96. The average Bonchev–Trinajstić information content (AvgIpc) is 2.03. The summed E-state index contributed by atoms with van der Waals surface area (Å²) in [5.74, 6) is 0.213. The van der Waals surface area contributed by atoms with E-state index in [2.05, 4.69) is 20.7 Å². The Morgan fingerprint density at radius 1 is 1.36 bits per heavy atom. The van der Waals surface area contributed by atoms with Crippen molar-refractivity contribution in [3.63, 3.8) is 0 Å². The van der Waals surface area contributed by atoms with E-state index in [0.29, 0.717) is 6.42 Å². The average molecular weight is 286 g/mol. The lowest BCUT2D eigenvalue weighted by molar-refractivity contribution is 0.392. The van der Waals surface area contributed by atoms with Gasteiger partial charge in [0.1, 0.15) is 0 Å². The van der Waals surface area contributed by atoms with Crippen LogP contribution in [0.4, 0.5) is 0 Å². The molecule has 0 heterocycles. The molecule has 0 bridgehead atoms. The maximum Gasteiger partial charge on any atom is 0.212 e. The molecular formula is C9H20BrNO2S. The summed E-state index contributed by atoms with van der Waals surface area (Å²) >= 11 is 3.34. The molecule has 0 spiro atoms. The van der Waals surface area contributed by atoms with Gasteiger partial charge in [-0.2, -0.15) is 0 Å². The zero-order valence-corrected chi connectivity index (χ0v) is 11.5. The third kappa shape index (κ3) is 5.32. The molecular weight excluding hydrogens is 266 g/mol. The lowest BCUT2D eigenvalue weighted by atomic mass is 9.98. The summed E-state index contributed by atoms with van der Waals surface area (Å²) in [5.41, 5.74) is -0.308. The quantitative estimate of drug-likeness (QED) is 0.730. The van der Waals surface area contributed by atoms with Crippen molar-refractivity contribution in [3.05, 3.63) is 0 Å². The Kier molecular flexibility index (Phi) is 6.25. The highest BCUT2D eigenvalue weighted by molar-refractivity contribution is 9.09. The van der Waals surface area contributed by atoms with Crippen molar-refractivity contribution in [2.24, 2.45) is 0 Å². The predicted molar refractivity (Wildman–Crippen MR) is 64.3 cm³/mol. The van der Waals surface area contributed by atoms with Gasteiger partial charge >= 0.3 is 0 Å². The van der Waals surface area contributed by atoms with E-state index in [-0.39, 0.29) is 11.3 Å². The van der Waals surface area contributed by atoms with E-state index in [1.807, 2.05) is 20.8 Å². The second kappa shape index (κ2) is 6.08. The molecule has 0 fully saturated rings. The van der Waals surface area contributed by atoms with Crippen LogP contribution < -0.4 is 4.72 Å². The monoisotopic (exact) mass is 285 g/mol. The minimum Gasteiger partial charge on any atom is -0.212 e. The number of halogens is 1. The van der Waals surface area contributed by atoms with Gasteiger partial charge in [0.15, 0.2) is 0 Å². The third-order valence-electron chi connectivity index (χ3n) is 2.30. The maximum atomic E-state index is 11.6. The highest BCUT2D eigenvalue weighted by atomic mass is 79.9. The summed E-state index contributed by atoms with van der Waals surface area (Å²) in [6, 6.07) is 0. The van der Waals surface area contributed by atoms with Crippen LogP contribution in [0.1, 0.15) is 40.0 Å². The molecule has 0 rings (SSSR count). The molecule has 86 valence electrons. The van der Waals surface area contributed by atoms with E-state index in [9.17, 15) is 8.42 Å². The number of hydrogen-bond donors (Lipinski definition) is 1. The summed E-state index contributed by atoms with van der Waals surface area (Å²) in [6.07, 6.45) is 2.28. The minimum atomic E-state index is -3.09. The Hall–Kier alpha value is 0.390. The fourth-order valence-corrected chi connectivity index (χ4v) is 3.72. The Morgan fingerprint density at radius 2 is 1.93 bits per heavy atom. The van der Waals surface area contributed by atoms with E-state index >= 15 is 0 Å². The molecule has 1 atom stereocenters. The number of rotatable bonds is 7. The largest absolute Gasteiger partial charge is 0.212 e. The van der Waals surface area contributed by atoms with Crippen LogP contribution in [-0.4, -0.2) is 25.0 Å². The topological polar surface area (TPSA) is 46.2 Å². The van der Waals surface area contributed by atoms with E-state index in [4.69, 9.17) is 0 Å². The van der Waals surface area contributed by atoms with Crippen molar-refractivity contribution in [2.45, 2.75) is 45.6 Å². The molecule has 0 aliphatic rings. The van der Waals surface area contributed by atoms with Gasteiger partial charge in [-0.15, -0.1) is 0 Å². The van der Waals surface area contributed by atoms with Crippen molar-refractivity contribution in [1.82, 2.24) is 4.72 Å². The van der Waals surface area contributed by atoms with Crippen LogP contribution in [0.2, 0.25) is 0 Å². The fraction of sp³-hybridized carbons (Fsp3) is 1.00. The molecule has 0 aromatic heterocycles. The van der Waals surface area contributed by atoms with Crippen LogP contribution in [0.5, 0.6) is 0 Å². The molecule has 0 saturated carbocycles. The number of nitrogens with one attached hydrogen (secondary N) is 1. The zero-order valence-electron chi connectivity index (χ0n) is 9.14. The van der Waals surface area contributed by atoms with Crippen LogP contribution in [0.3, 0.4) is 0 Å². The molecule has 0 aromatic carbocycles. The molecule has 5 heteroatoms. The third-order valence-corrected chi connectivity index (χ3v) is 4.45. The van der Waals surface area contributed by atoms with Crippen molar-refractivity contribution < 1.29 is 8.42 Å². The molecule has 1 N–H and O–H groups in total. The molecule has 1 unspecified atom stereocenters. The van der Waals surface area contributed by atoms with Crippen LogP contribution in [0.25, 0.3) is 0 Å². The van der Waals surface area contributed by atoms with Crippen LogP contribution >= 0.6 is 15.9 Å². The molecule has 3 nitrogen and oxygen atoms in total. The second-order valence-electron chi connectivity index (χ2n) is 3.77. The Balaban J connectivity index is 4.44. The fourth-order valence-electron chi connectivity index (χ4n) is 1.20. The van der Waals surface area contributed by atoms with E-state index in [1.165, 1.54) is 0 Å². The molecule has 14 heavy (non-hydrogen) atoms. The molecule has 0 saturated heterocycles. The van der Waals surface area contributed by atoms with Crippen LogP contribution in [-0.2, 0) is 10.0 Å². The van der Waals surface area contributed by atoms with Gasteiger partial charge in [0.05, 0.1) is 5.75 Å². The van der Waals surface area contributed by atoms with Crippen molar-refractivity contribution >= 4 is 26.0 Å². The molecule has 0 aliphatic carbocycles. The van der Waals surface area contributed by atoms with E-state index in [0.717, 1.165) is 18.2 Å². The first kappa shape index (κ1) is 14.4. The van der Waals surface area contributed by atoms with Gasteiger partial charge in [-0.25, -0.2) is 13.1 Å². The molecule has 0 amide bonds. The van der Waals surface area contributed by atoms with Gasteiger partial charge in [-0.3, -0.25) is 0 Å². The van der Waals surface area contributed by atoms with Crippen LogP contribution in [0, 0.1) is 0 Å². The molecule has 0 aliphatic heterocycles. The number of alkyl halides is 1. The summed E-state index contributed by atoms with van der Waals surface area (Å²) in [5, 5.41) is 0.811. The van der Waals surface area contributed by atoms with Crippen molar-refractivity contribution in [2.75, 3.05) is 11.1 Å². The van der Waals surface area contributed by atoms with Gasteiger partial charge < -0.3 is 0 Å². The van der Waals surface area contributed by atoms with Crippen molar-refractivity contribution in [3.8, 4) is 0 Å². The van der Waals surface area contributed by atoms with Gasteiger partial charge in [0.25, 0.3) is 0 Å². The van der Waals surface area contributed by atoms with Crippen molar-refractivity contribution in [1.29, 1.82) is 0 Å². The lowest BCUT2D eigenvalue weighted by Gasteiger charge is -2.28. The van der Waals surface area contributed by atoms with Gasteiger partial charge in [-0.05, 0) is 26.2 Å². The highest BCUT2D eigenvalue weighted by Gasteiger charge is 2.26. The Bertz CT molecular complexity index is 254. The first-order chi connectivity index (χ1) is 6.39. The Morgan fingerprint density at radius 3 is 2.29 bits per heavy atom. The molecule has 0 radical (unpaired) electrons. The van der Waals surface area contributed by atoms with Gasteiger partial charge in [0.2, 0.25) is 10.0 Å². The minimum absolute atomic E-state index is 0.213. The SMILES string of the molecule is CCCS(=O)(=O)NC(C)(CC)CCBr. The summed E-state index contributed by atoms with van der Waals surface area (Å²) in [4.78, 5) is 0. The summed E-state index contributed by atoms with van der Waals surface area (Å²) in [7, 11) is -3.09. The first-order valence-corrected chi connectivity index (χ1v) is 7.74. The Labute approximate surface area is 95.8 Å². The van der Waals surface area contributed by atoms with Gasteiger partial charge in [0, 0.05) is 10.9 Å². The summed E-state index contributed by atoms with van der Waals surface area (Å²) in [6.45, 7) is 5.81. The van der Waals surface area contributed by atoms with Crippen LogP contribution in [0.15, 0.2) is 0 Å². The number of hydrogen-bond acceptors (Lipinski definition) is 2. The smallest absolute Gasteiger partial charge is 0.212 e. The maximum absolute atomic E-state index is 11.6. The second-order valence-corrected chi connectivity index (χ2v) is 6.41. The normalized spacial score (nSPS) is 16.6. The molecule has 0 aromatic rings. The number of sulfonamides is 1. The van der Waals surface area contributed by atoms with Gasteiger partial charge in [-0.1, -0.05) is 29.8 Å².